The number of rotatable bonds is 6. The minimum Gasteiger partial charge on any atom is -0.481 e. The second kappa shape index (κ2) is 6.88. The number of Topliss-reactive ketones (excluding diaryl/α,β-unsaturated/α-hetero) is 1. The second-order valence-corrected chi connectivity index (χ2v) is 7.00. The van der Waals surface area contributed by atoms with E-state index >= 15 is 0 Å². The van der Waals surface area contributed by atoms with E-state index in [1.165, 1.54) is 0 Å². The van der Waals surface area contributed by atoms with Crippen LogP contribution in [-0.2, 0) is 21.5 Å². The lowest BCUT2D eigenvalue weighted by atomic mass is 9.64. The Morgan fingerprint density at radius 1 is 0.926 bits per heavy atom. The van der Waals surface area contributed by atoms with E-state index in [0.29, 0.717) is 6.54 Å². The molecule has 1 aromatic heterocycles. The smallest absolute Gasteiger partial charge is 0.303 e. The van der Waals surface area contributed by atoms with Gasteiger partial charge in [0.05, 0.1) is 6.42 Å². The van der Waals surface area contributed by atoms with Crippen molar-refractivity contribution >= 4 is 11.8 Å². The maximum atomic E-state index is 13.6. The number of ketones is 1. The highest BCUT2D eigenvalue weighted by Crippen LogP contribution is 2.51. The van der Waals surface area contributed by atoms with Crippen LogP contribution in [0.1, 0.15) is 35.6 Å². The summed E-state index contributed by atoms with van der Waals surface area (Å²) in [6, 6.07) is 23.8. The summed E-state index contributed by atoms with van der Waals surface area (Å²) in [5, 5.41) is 9.14. The molecule has 0 saturated carbocycles. The van der Waals surface area contributed by atoms with Crippen LogP contribution in [0, 0.1) is 0 Å². The molecule has 4 rings (SSSR count). The van der Waals surface area contributed by atoms with Gasteiger partial charge in [-0.1, -0.05) is 60.7 Å². The number of fused-ring (bicyclic) bond motifs is 1. The quantitative estimate of drug-likeness (QED) is 0.723. The van der Waals surface area contributed by atoms with Gasteiger partial charge in [-0.05, 0) is 23.3 Å². The van der Waals surface area contributed by atoms with Crippen LogP contribution >= 0.6 is 0 Å². The van der Waals surface area contributed by atoms with E-state index in [1.54, 1.807) is 0 Å². The zero-order chi connectivity index (χ0) is 18.9. The molecular weight excluding hydrogens is 338 g/mol. The number of aliphatic carboxylic acids is 1. The molecule has 0 bridgehead atoms. The Bertz CT molecular complexity index is 962. The Labute approximate surface area is 158 Å². The molecule has 4 heteroatoms. The lowest BCUT2D eigenvalue weighted by molar-refractivity contribution is -0.139. The van der Waals surface area contributed by atoms with Crippen LogP contribution in [0.3, 0.4) is 0 Å². The molecule has 1 aliphatic heterocycles. The zero-order valence-electron chi connectivity index (χ0n) is 14.9. The molecule has 0 fully saturated rings. The summed E-state index contributed by atoms with van der Waals surface area (Å²) in [5.41, 5.74) is 2.08. The predicted octanol–water partition coefficient (Wildman–Crippen LogP) is 4.01. The van der Waals surface area contributed by atoms with Gasteiger partial charge in [0.25, 0.3) is 0 Å². The molecule has 27 heavy (non-hydrogen) atoms. The number of carboxylic acid groups (broad SMARTS) is 1. The predicted molar refractivity (Wildman–Crippen MR) is 103 cm³/mol. The Balaban J connectivity index is 1.93. The molecule has 0 radical (unpaired) electrons. The van der Waals surface area contributed by atoms with Gasteiger partial charge in [-0.15, -0.1) is 0 Å². The first kappa shape index (κ1) is 17.3. The van der Waals surface area contributed by atoms with Crippen molar-refractivity contribution in [3.63, 3.8) is 0 Å². The zero-order valence-corrected chi connectivity index (χ0v) is 14.9. The highest BCUT2D eigenvalue weighted by Gasteiger charge is 2.53. The van der Waals surface area contributed by atoms with Gasteiger partial charge in [-0.25, -0.2) is 0 Å². The van der Waals surface area contributed by atoms with E-state index in [0.717, 1.165) is 16.8 Å². The van der Waals surface area contributed by atoms with Crippen molar-refractivity contribution in [2.24, 2.45) is 0 Å². The monoisotopic (exact) mass is 359 g/mol. The van der Waals surface area contributed by atoms with Crippen molar-refractivity contribution < 1.29 is 14.7 Å². The van der Waals surface area contributed by atoms with E-state index in [1.807, 2.05) is 66.9 Å². The first-order chi connectivity index (χ1) is 13.1. The first-order valence-corrected chi connectivity index (χ1v) is 9.15. The van der Waals surface area contributed by atoms with Crippen molar-refractivity contribution in [3.8, 4) is 0 Å². The van der Waals surface area contributed by atoms with Crippen molar-refractivity contribution in [2.45, 2.75) is 30.7 Å². The fraction of sp³-hybridized carbons (Fsp3) is 0.217. The van der Waals surface area contributed by atoms with Crippen LogP contribution < -0.4 is 0 Å². The fourth-order valence-corrected chi connectivity index (χ4v) is 4.45. The van der Waals surface area contributed by atoms with Crippen molar-refractivity contribution in [2.75, 3.05) is 0 Å². The summed E-state index contributed by atoms with van der Waals surface area (Å²) in [7, 11) is 0. The number of carbonyl (C=O) groups is 2. The van der Waals surface area contributed by atoms with Crippen LogP contribution in [0.15, 0.2) is 79.0 Å². The van der Waals surface area contributed by atoms with Gasteiger partial charge in [0.2, 0.25) is 0 Å². The highest BCUT2D eigenvalue weighted by atomic mass is 16.4. The number of aromatic nitrogens is 1. The van der Waals surface area contributed by atoms with Gasteiger partial charge in [0.1, 0.15) is 5.41 Å². The Morgan fingerprint density at radius 3 is 2.26 bits per heavy atom. The Kier molecular flexibility index (Phi) is 4.40. The Hall–Kier alpha value is -3.14. The summed E-state index contributed by atoms with van der Waals surface area (Å²) in [5.74, 6) is -1.06. The molecule has 4 nitrogen and oxygen atoms in total. The normalized spacial score (nSPS) is 21.0. The molecular formula is C23H21NO3. The standard InChI is InChI=1S/C23H21NO3/c25-21(13-14-22(26)27)23(18-10-5-2-6-11-18)19(17-8-3-1-4-9-17)16-24-15-7-12-20(23)24/h1-12,15,19H,13-14,16H2,(H,26,27). The lowest BCUT2D eigenvalue weighted by Crippen LogP contribution is -2.40. The third-order valence-corrected chi connectivity index (χ3v) is 5.57. The van der Waals surface area contributed by atoms with Crippen LogP contribution in [0.2, 0.25) is 0 Å². The van der Waals surface area contributed by atoms with Crippen molar-refractivity contribution in [1.82, 2.24) is 4.57 Å². The van der Waals surface area contributed by atoms with Crippen molar-refractivity contribution in [3.05, 3.63) is 95.8 Å². The summed E-state index contributed by atoms with van der Waals surface area (Å²) in [6.45, 7) is 0.694. The molecule has 2 unspecified atom stereocenters. The number of nitrogens with zero attached hydrogens (tertiary/aromatic N) is 1. The largest absolute Gasteiger partial charge is 0.481 e. The van der Waals surface area contributed by atoms with Gasteiger partial charge in [0.15, 0.2) is 5.78 Å². The van der Waals surface area contributed by atoms with E-state index in [2.05, 4.69) is 16.7 Å². The van der Waals surface area contributed by atoms with Crippen LogP contribution in [0.4, 0.5) is 0 Å². The number of carboxylic acids is 1. The maximum absolute atomic E-state index is 13.6. The number of benzene rings is 2. The molecule has 0 aliphatic carbocycles. The fourth-order valence-electron chi connectivity index (χ4n) is 4.45. The molecule has 1 N–H and O–H groups in total. The summed E-state index contributed by atoms with van der Waals surface area (Å²) < 4.78 is 2.13. The van der Waals surface area contributed by atoms with Gasteiger partial charge >= 0.3 is 5.97 Å². The second-order valence-electron chi connectivity index (χ2n) is 7.00. The summed E-state index contributed by atoms with van der Waals surface area (Å²) in [6.07, 6.45) is 1.86. The highest BCUT2D eigenvalue weighted by molar-refractivity contribution is 5.96. The lowest BCUT2D eigenvalue weighted by Gasteiger charge is -2.35. The van der Waals surface area contributed by atoms with Crippen LogP contribution in [-0.4, -0.2) is 21.4 Å². The summed E-state index contributed by atoms with van der Waals surface area (Å²) in [4.78, 5) is 24.8. The van der Waals surface area contributed by atoms with Gasteiger partial charge < -0.3 is 9.67 Å². The molecule has 3 aromatic rings. The SMILES string of the molecule is O=C(O)CCC(=O)C1(c2ccccc2)c2cccn2CC1c1ccccc1. The average Bonchev–Trinajstić information content (AvgIpc) is 3.28. The van der Waals surface area contributed by atoms with Crippen LogP contribution in [0.25, 0.3) is 0 Å². The van der Waals surface area contributed by atoms with E-state index in [-0.39, 0.29) is 24.5 Å². The molecule has 0 saturated heterocycles. The molecule has 1 aliphatic rings. The minimum absolute atomic E-state index is 0.0126. The molecule has 0 amide bonds. The third-order valence-electron chi connectivity index (χ3n) is 5.57. The maximum Gasteiger partial charge on any atom is 0.303 e. The Morgan fingerprint density at radius 2 is 1.59 bits per heavy atom. The number of carbonyl (C=O) groups excluding carboxylic acids is 1. The molecule has 2 aromatic carbocycles. The number of hydrogen-bond acceptors (Lipinski definition) is 2. The van der Waals surface area contributed by atoms with Gasteiger partial charge in [-0.3, -0.25) is 9.59 Å². The molecule has 2 heterocycles. The molecule has 136 valence electrons. The van der Waals surface area contributed by atoms with E-state index in [9.17, 15) is 9.59 Å². The summed E-state index contributed by atoms with van der Waals surface area (Å²) >= 11 is 0. The first-order valence-electron chi connectivity index (χ1n) is 9.15. The average molecular weight is 359 g/mol. The van der Waals surface area contributed by atoms with Crippen molar-refractivity contribution in [1.29, 1.82) is 0 Å². The van der Waals surface area contributed by atoms with Gasteiger partial charge in [0, 0.05) is 30.8 Å². The number of hydrogen-bond donors (Lipinski definition) is 1. The van der Waals surface area contributed by atoms with Gasteiger partial charge in [-0.2, -0.15) is 0 Å². The molecule has 2 atom stereocenters. The van der Waals surface area contributed by atoms with E-state index in [4.69, 9.17) is 5.11 Å². The molecule has 0 spiro atoms. The topological polar surface area (TPSA) is 59.3 Å². The van der Waals surface area contributed by atoms with Crippen LogP contribution in [0.5, 0.6) is 0 Å². The third kappa shape index (κ3) is 2.78. The van der Waals surface area contributed by atoms with E-state index < -0.39 is 11.4 Å². The minimum atomic E-state index is -0.948.